The number of hydrogen-bond donors (Lipinski definition) is 2. The zero-order valence-electron chi connectivity index (χ0n) is 9.62. The van der Waals surface area contributed by atoms with Crippen LogP contribution in [0.15, 0.2) is 24.3 Å². The van der Waals surface area contributed by atoms with Gasteiger partial charge in [-0.3, -0.25) is 19.7 Å². The minimum Gasteiger partial charge on any atom is -0.394 e. The summed E-state index contributed by atoms with van der Waals surface area (Å²) in [7, 11) is 0. The molecule has 1 aromatic carbocycles. The molecule has 0 aliphatic heterocycles. The number of amides is 1. The molecule has 0 saturated carbocycles. The average molecular weight is 252 g/mol. The first-order chi connectivity index (χ1) is 8.47. The van der Waals surface area contributed by atoms with E-state index in [2.05, 4.69) is 5.32 Å². The zero-order chi connectivity index (χ0) is 13.7. The number of hydrogen-bond acceptors (Lipinski definition) is 5. The SMILES string of the molecule is CC(=O)NC(CO)C(=O)c1ccccc1[N+](=O)[O-]. The van der Waals surface area contributed by atoms with E-state index in [1.165, 1.54) is 31.2 Å². The van der Waals surface area contributed by atoms with Crippen LogP contribution in [0.4, 0.5) is 5.69 Å². The molecule has 0 radical (unpaired) electrons. The van der Waals surface area contributed by atoms with Gasteiger partial charge in [0.25, 0.3) is 5.69 Å². The van der Waals surface area contributed by atoms with Crippen LogP contribution in [0.1, 0.15) is 17.3 Å². The second-order valence-electron chi connectivity index (χ2n) is 3.57. The van der Waals surface area contributed by atoms with Gasteiger partial charge in [0.1, 0.15) is 6.04 Å². The third-order valence-electron chi connectivity index (χ3n) is 2.24. The van der Waals surface area contributed by atoms with Crippen LogP contribution in [0, 0.1) is 10.1 Å². The molecule has 1 aromatic rings. The number of benzene rings is 1. The maximum atomic E-state index is 12.0. The molecular formula is C11H12N2O5. The minimum atomic E-state index is -1.18. The molecule has 7 heteroatoms. The van der Waals surface area contributed by atoms with E-state index in [0.717, 1.165) is 0 Å². The lowest BCUT2D eigenvalue weighted by Gasteiger charge is -2.13. The van der Waals surface area contributed by atoms with Crippen molar-refractivity contribution in [3.63, 3.8) is 0 Å². The van der Waals surface area contributed by atoms with E-state index >= 15 is 0 Å². The number of nitro groups is 1. The molecule has 1 unspecified atom stereocenters. The van der Waals surface area contributed by atoms with Gasteiger partial charge in [-0.1, -0.05) is 12.1 Å². The van der Waals surface area contributed by atoms with Gasteiger partial charge in [0.15, 0.2) is 5.78 Å². The molecule has 2 N–H and O–H groups in total. The first-order valence-electron chi connectivity index (χ1n) is 5.13. The zero-order valence-corrected chi connectivity index (χ0v) is 9.62. The number of rotatable bonds is 5. The topological polar surface area (TPSA) is 110 Å². The summed E-state index contributed by atoms with van der Waals surface area (Å²) < 4.78 is 0. The molecule has 0 fully saturated rings. The van der Waals surface area contributed by atoms with Gasteiger partial charge in [0, 0.05) is 13.0 Å². The molecule has 1 atom stereocenters. The lowest BCUT2D eigenvalue weighted by Crippen LogP contribution is -2.42. The van der Waals surface area contributed by atoms with Crippen molar-refractivity contribution < 1.29 is 19.6 Å². The van der Waals surface area contributed by atoms with Crippen molar-refractivity contribution in [3.05, 3.63) is 39.9 Å². The van der Waals surface area contributed by atoms with Crippen molar-refractivity contribution in [1.82, 2.24) is 5.32 Å². The molecule has 0 heterocycles. The first kappa shape index (κ1) is 13.8. The Bertz CT molecular complexity index is 486. The fourth-order valence-electron chi connectivity index (χ4n) is 1.47. The summed E-state index contributed by atoms with van der Waals surface area (Å²) in [5, 5.41) is 22.0. The Kier molecular flexibility index (Phi) is 4.50. The van der Waals surface area contributed by atoms with Gasteiger partial charge in [-0.05, 0) is 6.07 Å². The highest BCUT2D eigenvalue weighted by Crippen LogP contribution is 2.19. The van der Waals surface area contributed by atoms with Crippen LogP contribution in [0.25, 0.3) is 0 Å². The normalized spacial score (nSPS) is 11.7. The highest BCUT2D eigenvalue weighted by Gasteiger charge is 2.26. The fourth-order valence-corrected chi connectivity index (χ4v) is 1.47. The Morgan fingerprint density at radius 3 is 2.56 bits per heavy atom. The molecule has 7 nitrogen and oxygen atoms in total. The number of nitrogens with one attached hydrogen (secondary N) is 1. The summed E-state index contributed by atoms with van der Waals surface area (Å²) in [5.41, 5.74) is -0.499. The molecule has 0 aliphatic carbocycles. The molecule has 96 valence electrons. The predicted molar refractivity (Wildman–Crippen MR) is 62.1 cm³/mol. The van der Waals surface area contributed by atoms with Crippen molar-refractivity contribution in [2.24, 2.45) is 0 Å². The van der Waals surface area contributed by atoms with E-state index in [4.69, 9.17) is 5.11 Å². The van der Waals surface area contributed by atoms with Crippen LogP contribution in [-0.4, -0.2) is 34.4 Å². The number of aliphatic hydroxyl groups is 1. The molecule has 1 amide bonds. The standard InChI is InChI=1S/C11H12N2O5/c1-7(15)12-9(6-14)11(16)8-4-2-3-5-10(8)13(17)18/h2-5,9,14H,6H2,1H3,(H,12,15). The van der Waals surface area contributed by atoms with Crippen molar-refractivity contribution >= 4 is 17.4 Å². The Morgan fingerprint density at radius 1 is 1.44 bits per heavy atom. The number of para-hydroxylation sites is 1. The van der Waals surface area contributed by atoms with E-state index in [0.29, 0.717) is 0 Å². The fraction of sp³-hybridized carbons (Fsp3) is 0.273. The third kappa shape index (κ3) is 3.11. The smallest absolute Gasteiger partial charge is 0.280 e. The largest absolute Gasteiger partial charge is 0.394 e. The quantitative estimate of drug-likeness (QED) is 0.444. The maximum absolute atomic E-state index is 12.0. The van der Waals surface area contributed by atoms with E-state index in [-0.39, 0.29) is 11.3 Å². The first-order valence-corrected chi connectivity index (χ1v) is 5.13. The van der Waals surface area contributed by atoms with Crippen LogP contribution >= 0.6 is 0 Å². The second kappa shape index (κ2) is 5.87. The number of carbonyl (C=O) groups excluding carboxylic acids is 2. The number of carbonyl (C=O) groups is 2. The van der Waals surface area contributed by atoms with Crippen LogP contribution in [0.5, 0.6) is 0 Å². The van der Waals surface area contributed by atoms with E-state index in [1.54, 1.807) is 0 Å². The number of nitrogens with zero attached hydrogens (tertiary/aromatic N) is 1. The van der Waals surface area contributed by atoms with Crippen molar-refractivity contribution in [2.75, 3.05) is 6.61 Å². The van der Waals surface area contributed by atoms with Crippen LogP contribution in [0.2, 0.25) is 0 Å². The van der Waals surface area contributed by atoms with Gasteiger partial charge in [-0.2, -0.15) is 0 Å². The third-order valence-corrected chi connectivity index (χ3v) is 2.24. The summed E-state index contributed by atoms with van der Waals surface area (Å²) in [5.74, 6) is -1.19. The molecule has 18 heavy (non-hydrogen) atoms. The Hall–Kier alpha value is -2.28. The molecule has 0 spiro atoms. The molecule has 0 aliphatic rings. The second-order valence-corrected chi connectivity index (χ2v) is 3.57. The lowest BCUT2D eigenvalue weighted by atomic mass is 10.0. The van der Waals surface area contributed by atoms with Gasteiger partial charge in [-0.15, -0.1) is 0 Å². The summed E-state index contributed by atoms with van der Waals surface area (Å²) in [6.45, 7) is 0.569. The van der Waals surface area contributed by atoms with E-state index in [9.17, 15) is 19.7 Å². The van der Waals surface area contributed by atoms with Crippen molar-refractivity contribution in [1.29, 1.82) is 0 Å². The number of nitro benzene ring substituents is 1. The highest BCUT2D eigenvalue weighted by molar-refractivity contribution is 6.04. The van der Waals surface area contributed by atoms with Crippen LogP contribution < -0.4 is 5.32 Å². The van der Waals surface area contributed by atoms with Crippen LogP contribution in [0.3, 0.4) is 0 Å². The Labute approximate surface area is 103 Å². The average Bonchev–Trinajstić information content (AvgIpc) is 2.34. The summed E-state index contributed by atoms with van der Waals surface area (Å²) in [6.07, 6.45) is 0. The Balaban J connectivity index is 3.09. The maximum Gasteiger partial charge on any atom is 0.280 e. The van der Waals surface area contributed by atoms with Crippen molar-refractivity contribution in [3.8, 4) is 0 Å². The van der Waals surface area contributed by atoms with E-state index in [1.807, 2.05) is 0 Å². The predicted octanol–water partition coefficient (Wildman–Crippen LogP) is 0.274. The number of aliphatic hydroxyl groups excluding tert-OH is 1. The summed E-state index contributed by atoms with van der Waals surface area (Å²) in [6, 6.07) is 4.20. The van der Waals surface area contributed by atoms with Crippen LogP contribution in [-0.2, 0) is 4.79 Å². The Morgan fingerprint density at radius 2 is 2.06 bits per heavy atom. The number of ketones is 1. The summed E-state index contributed by atoms with van der Waals surface area (Å²) >= 11 is 0. The highest BCUT2D eigenvalue weighted by atomic mass is 16.6. The summed E-state index contributed by atoms with van der Waals surface area (Å²) in [4.78, 5) is 32.9. The van der Waals surface area contributed by atoms with Gasteiger partial charge < -0.3 is 10.4 Å². The minimum absolute atomic E-state index is 0.143. The van der Waals surface area contributed by atoms with Gasteiger partial charge in [-0.25, -0.2) is 0 Å². The van der Waals surface area contributed by atoms with Crippen molar-refractivity contribution in [2.45, 2.75) is 13.0 Å². The lowest BCUT2D eigenvalue weighted by molar-refractivity contribution is -0.385. The van der Waals surface area contributed by atoms with Gasteiger partial charge >= 0.3 is 0 Å². The molecule has 0 saturated heterocycles. The van der Waals surface area contributed by atoms with Gasteiger partial charge in [0.2, 0.25) is 5.91 Å². The molecular weight excluding hydrogens is 240 g/mol. The monoisotopic (exact) mass is 252 g/mol. The molecule has 0 aromatic heterocycles. The van der Waals surface area contributed by atoms with E-state index < -0.39 is 29.3 Å². The van der Waals surface area contributed by atoms with Gasteiger partial charge in [0.05, 0.1) is 17.1 Å². The number of Topliss-reactive ketones (excluding diaryl/α,β-unsaturated/α-hetero) is 1. The molecule has 0 bridgehead atoms. The molecule has 1 rings (SSSR count).